The molecule has 0 aliphatic rings. The standard InChI is InChI=1S/C15H13ClN2O3/c1-15(14(16)19,9-11-3-2-8-17-10-11)12-4-6-13(7-5-12)18(20)21/h2-8,10H,9H2,1H3. The van der Waals surface area contributed by atoms with Crippen LogP contribution in [0.5, 0.6) is 0 Å². The molecular formula is C15H13ClN2O3. The molecule has 0 amide bonds. The van der Waals surface area contributed by atoms with E-state index in [9.17, 15) is 14.9 Å². The fraction of sp³-hybridized carbons (Fsp3) is 0.200. The van der Waals surface area contributed by atoms with Gasteiger partial charge in [-0.05, 0) is 42.1 Å². The lowest BCUT2D eigenvalue weighted by molar-refractivity contribution is -0.384. The van der Waals surface area contributed by atoms with Gasteiger partial charge in [-0.15, -0.1) is 0 Å². The maximum absolute atomic E-state index is 11.9. The molecule has 6 heteroatoms. The van der Waals surface area contributed by atoms with Crippen molar-refractivity contribution in [1.29, 1.82) is 0 Å². The summed E-state index contributed by atoms with van der Waals surface area (Å²) in [4.78, 5) is 26.1. The van der Waals surface area contributed by atoms with Crippen molar-refractivity contribution in [1.82, 2.24) is 4.98 Å². The second-order valence-corrected chi connectivity index (χ2v) is 5.29. The molecule has 0 aliphatic carbocycles. The Morgan fingerprint density at radius 1 is 1.33 bits per heavy atom. The van der Waals surface area contributed by atoms with Crippen molar-refractivity contribution in [2.45, 2.75) is 18.8 Å². The second kappa shape index (κ2) is 6.01. The summed E-state index contributed by atoms with van der Waals surface area (Å²) in [6.07, 6.45) is 3.69. The molecule has 21 heavy (non-hydrogen) atoms. The third kappa shape index (κ3) is 3.25. The molecule has 2 aromatic rings. The molecule has 0 aliphatic heterocycles. The maximum atomic E-state index is 11.9. The SMILES string of the molecule is CC(Cc1cccnc1)(C(=O)Cl)c1ccc([N+](=O)[O-])cc1. The van der Waals surface area contributed by atoms with E-state index in [1.807, 2.05) is 6.07 Å². The van der Waals surface area contributed by atoms with Gasteiger partial charge in [0.25, 0.3) is 5.69 Å². The van der Waals surface area contributed by atoms with Gasteiger partial charge in [0.1, 0.15) is 0 Å². The minimum Gasteiger partial charge on any atom is -0.280 e. The van der Waals surface area contributed by atoms with Crippen LogP contribution in [0, 0.1) is 10.1 Å². The van der Waals surface area contributed by atoms with Crippen LogP contribution in [0.15, 0.2) is 48.8 Å². The van der Waals surface area contributed by atoms with Crippen molar-refractivity contribution in [2.24, 2.45) is 0 Å². The van der Waals surface area contributed by atoms with E-state index in [1.54, 1.807) is 37.5 Å². The quantitative estimate of drug-likeness (QED) is 0.483. The Kier molecular flexibility index (Phi) is 4.33. The summed E-state index contributed by atoms with van der Waals surface area (Å²) < 4.78 is 0. The average molecular weight is 305 g/mol. The number of nitro benzene ring substituents is 1. The van der Waals surface area contributed by atoms with Crippen LogP contribution in [-0.2, 0) is 16.6 Å². The molecule has 5 nitrogen and oxygen atoms in total. The van der Waals surface area contributed by atoms with E-state index >= 15 is 0 Å². The van der Waals surface area contributed by atoms with E-state index in [-0.39, 0.29) is 5.69 Å². The Bertz CT molecular complexity index is 658. The Labute approximate surface area is 126 Å². The van der Waals surface area contributed by atoms with Gasteiger partial charge in [0, 0.05) is 24.5 Å². The normalized spacial score (nSPS) is 13.4. The molecule has 0 spiro atoms. The predicted molar refractivity (Wildman–Crippen MR) is 79.2 cm³/mol. The number of nitrogens with zero attached hydrogens (tertiary/aromatic N) is 2. The van der Waals surface area contributed by atoms with Gasteiger partial charge in [-0.2, -0.15) is 0 Å². The number of aromatic nitrogens is 1. The van der Waals surface area contributed by atoms with Crippen molar-refractivity contribution in [2.75, 3.05) is 0 Å². The Morgan fingerprint density at radius 3 is 2.48 bits per heavy atom. The number of hydrogen-bond donors (Lipinski definition) is 0. The molecule has 1 unspecified atom stereocenters. The molecule has 0 N–H and O–H groups in total. The van der Waals surface area contributed by atoms with Gasteiger partial charge >= 0.3 is 0 Å². The van der Waals surface area contributed by atoms with Gasteiger partial charge in [0.15, 0.2) is 0 Å². The molecule has 108 valence electrons. The highest BCUT2D eigenvalue weighted by Gasteiger charge is 2.34. The van der Waals surface area contributed by atoms with Gasteiger partial charge < -0.3 is 0 Å². The van der Waals surface area contributed by atoms with Gasteiger partial charge in [-0.1, -0.05) is 18.2 Å². The summed E-state index contributed by atoms with van der Waals surface area (Å²) in [7, 11) is 0. The van der Waals surface area contributed by atoms with E-state index < -0.39 is 15.6 Å². The predicted octanol–water partition coefficient (Wildman–Crippen LogP) is 3.26. The summed E-state index contributed by atoms with van der Waals surface area (Å²) in [6.45, 7) is 1.72. The number of carbonyl (C=O) groups is 1. The lowest BCUT2D eigenvalue weighted by Gasteiger charge is -2.25. The number of hydrogen-bond acceptors (Lipinski definition) is 4. The molecule has 1 atom stereocenters. The number of pyridine rings is 1. The van der Waals surface area contributed by atoms with Crippen LogP contribution in [0.4, 0.5) is 5.69 Å². The number of non-ortho nitro benzene ring substituents is 1. The fourth-order valence-electron chi connectivity index (χ4n) is 2.15. The van der Waals surface area contributed by atoms with E-state index in [2.05, 4.69) is 4.98 Å². The zero-order valence-electron chi connectivity index (χ0n) is 11.3. The zero-order chi connectivity index (χ0) is 15.5. The smallest absolute Gasteiger partial charge is 0.269 e. The largest absolute Gasteiger partial charge is 0.280 e. The van der Waals surface area contributed by atoms with Crippen molar-refractivity contribution >= 4 is 22.5 Å². The molecular weight excluding hydrogens is 292 g/mol. The zero-order valence-corrected chi connectivity index (χ0v) is 12.1. The van der Waals surface area contributed by atoms with E-state index in [4.69, 9.17) is 11.6 Å². The fourth-order valence-corrected chi connectivity index (χ4v) is 2.32. The van der Waals surface area contributed by atoms with Crippen LogP contribution in [0.1, 0.15) is 18.1 Å². The third-order valence-corrected chi connectivity index (χ3v) is 3.85. The summed E-state index contributed by atoms with van der Waals surface area (Å²) >= 11 is 5.78. The molecule has 0 bridgehead atoms. The lowest BCUT2D eigenvalue weighted by atomic mass is 9.78. The lowest BCUT2D eigenvalue weighted by Crippen LogP contribution is -2.31. The highest BCUT2D eigenvalue weighted by Crippen LogP contribution is 2.31. The summed E-state index contributed by atoms with van der Waals surface area (Å²) in [5.41, 5.74) is 0.522. The first-order valence-corrected chi connectivity index (χ1v) is 6.65. The molecule has 1 heterocycles. The van der Waals surface area contributed by atoms with E-state index in [0.29, 0.717) is 12.0 Å². The van der Waals surface area contributed by atoms with Crippen LogP contribution in [0.2, 0.25) is 0 Å². The maximum Gasteiger partial charge on any atom is 0.269 e. The highest BCUT2D eigenvalue weighted by atomic mass is 35.5. The number of nitro groups is 1. The Balaban J connectivity index is 2.37. The monoisotopic (exact) mass is 304 g/mol. The molecule has 0 radical (unpaired) electrons. The molecule has 0 saturated carbocycles. The number of rotatable bonds is 5. The highest BCUT2D eigenvalue weighted by molar-refractivity contribution is 6.65. The van der Waals surface area contributed by atoms with Gasteiger partial charge in [-0.3, -0.25) is 19.9 Å². The summed E-state index contributed by atoms with van der Waals surface area (Å²) in [6, 6.07) is 9.51. The first kappa shape index (κ1) is 15.1. The van der Waals surface area contributed by atoms with Crippen molar-refractivity contribution < 1.29 is 9.72 Å². The Hall–Kier alpha value is -2.27. The molecule has 2 rings (SSSR count). The van der Waals surface area contributed by atoms with Gasteiger partial charge in [0.05, 0.1) is 10.3 Å². The number of benzene rings is 1. The molecule has 0 saturated heterocycles. The average Bonchev–Trinajstić information content (AvgIpc) is 2.48. The van der Waals surface area contributed by atoms with Crippen LogP contribution < -0.4 is 0 Å². The molecule has 0 fully saturated rings. The van der Waals surface area contributed by atoms with Crippen LogP contribution >= 0.6 is 11.6 Å². The third-order valence-electron chi connectivity index (χ3n) is 3.43. The van der Waals surface area contributed by atoms with Crippen molar-refractivity contribution in [3.05, 3.63) is 70.0 Å². The minimum atomic E-state index is -0.959. The summed E-state index contributed by atoms with van der Waals surface area (Å²) in [5.74, 6) is 0. The second-order valence-electron chi connectivity index (χ2n) is 4.95. The number of carbonyl (C=O) groups excluding carboxylic acids is 1. The molecule has 1 aromatic carbocycles. The topological polar surface area (TPSA) is 73.1 Å². The molecule has 1 aromatic heterocycles. The van der Waals surface area contributed by atoms with Crippen LogP contribution in [0.25, 0.3) is 0 Å². The minimum absolute atomic E-state index is 0.0236. The first-order chi connectivity index (χ1) is 9.93. The first-order valence-electron chi connectivity index (χ1n) is 6.27. The summed E-state index contributed by atoms with van der Waals surface area (Å²) in [5, 5.41) is 10.2. The number of halogens is 1. The van der Waals surface area contributed by atoms with E-state index in [0.717, 1.165) is 5.56 Å². The van der Waals surface area contributed by atoms with Gasteiger partial charge in [-0.25, -0.2) is 0 Å². The van der Waals surface area contributed by atoms with Gasteiger partial charge in [0.2, 0.25) is 5.24 Å². The van der Waals surface area contributed by atoms with Crippen LogP contribution in [-0.4, -0.2) is 15.1 Å². The van der Waals surface area contributed by atoms with E-state index in [1.165, 1.54) is 12.1 Å². The van der Waals surface area contributed by atoms with Crippen LogP contribution in [0.3, 0.4) is 0 Å². The van der Waals surface area contributed by atoms with Crippen molar-refractivity contribution in [3.8, 4) is 0 Å². The Morgan fingerprint density at radius 2 is 2.00 bits per heavy atom. The van der Waals surface area contributed by atoms with Crippen molar-refractivity contribution in [3.63, 3.8) is 0 Å².